The van der Waals surface area contributed by atoms with Crippen LogP contribution in [-0.2, 0) is 11.2 Å². The number of ether oxygens (including phenoxy) is 1. The predicted octanol–water partition coefficient (Wildman–Crippen LogP) is 2.80. The van der Waals surface area contributed by atoms with Gasteiger partial charge in [-0.05, 0) is 55.2 Å². The lowest BCUT2D eigenvalue weighted by atomic mass is 10.1. The molecule has 2 aromatic carbocycles. The Kier molecular flexibility index (Phi) is 4.71. The molecule has 1 fully saturated rings. The molecular formula is C21H22N2O3. The van der Waals surface area contributed by atoms with Crippen LogP contribution in [0.2, 0.25) is 0 Å². The Hall–Kier alpha value is -2.66. The molecule has 5 nitrogen and oxygen atoms in total. The smallest absolute Gasteiger partial charge is 0.258 e. The van der Waals surface area contributed by atoms with Gasteiger partial charge in [0.2, 0.25) is 0 Å². The molecular weight excluding hydrogens is 328 g/mol. The monoisotopic (exact) mass is 350 g/mol. The highest BCUT2D eigenvalue weighted by Crippen LogP contribution is 2.28. The number of hydrogen-bond acceptors (Lipinski definition) is 3. The topological polar surface area (TPSA) is 58.6 Å². The second kappa shape index (κ2) is 7.30. The summed E-state index contributed by atoms with van der Waals surface area (Å²) in [6.07, 6.45) is 3.04. The average molecular weight is 350 g/mol. The zero-order valence-electron chi connectivity index (χ0n) is 14.6. The summed E-state index contributed by atoms with van der Waals surface area (Å²) < 4.78 is 5.51. The van der Waals surface area contributed by atoms with Gasteiger partial charge in [0.15, 0.2) is 0 Å². The van der Waals surface area contributed by atoms with Crippen LogP contribution < -0.4 is 10.2 Å². The summed E-state index contributed by atoms with van der Waals surface area (Å²) in [4.78, 5) is 26.8. The van der Waals surface area contributed by atoms with Crippen LogP contribution in [-0.4, -0.2) is 37.6 Å². The molecule has 1 N–H and O–H groups in total. The number of para-hydroxylation sites is 1. The predicted molar refractivity (Wildman–Crippen MR) is 99.6 cm³/mol. The number of nitrogens with zero attached hydrogens (tertiary/aromatic N) is 1. The number of nitrogens with one attached hydrogen (secondary N) is 1. The van der Waals surface area contributed by atoms with Crippen LogP contribution in [0.3, 0.4) is 0 Å². The summed E-state index contributed by atoms with van der Waals surface area (Å²) in [5.74, 6) is -0.160. The summed E-state index contributed by atoms with van der Waals surface area (Å²) in [7, 11) is 0. The molecule has 2 aliphatic heterocycles. The summed E-state index contributed by atoms with van der Waals surface area (Å²) in [5, 5.41) is 2.90. The average Bonchev–Trinajstić information content (AvgIpc) is 3.35. The van der Waals surface area contributed by atoms with E-state index in [1.165, 1.54) is 5.56 Å². The van der Waals surface area contributed by atoms with Crippen molar-refractivity contribution in [3.05, 3.63) is 65.2 Å². The molecule has 1 unspecified atom stereocenters. The van der Waals surface area contributed by atoms with E-state index < -0.39 is 0 Å². The molecule has 1 atom stereocenters. The number of hydrogen-bond donors (Lipinski definition) is 1. The van der Waals surface area contributed by atoms with Crippen molar-refractivity contribution in [1.29, 1.82) is 0 Å². The van der Waals surface area contributed by atoms with Gasteiger partial charge in [-0.15, -0.1) is 0 Å². The lowest BCUT2D eigenvalue weighted by Gasteiger charge is -2.17. The van der Waals surface area contributed by atoms with Gasteiger partial charge < -0.3 is 15.0 Å². The van der Waals surface area contributed by atoms with Crippen molar-refractivity contribution in [2.24, 2.45) is 0 Å². The Balaban J connectivity index is 1.41. The van der Waals surface area contributed by atoms with Crippen molar-refractivity contribution >= 4 is 17.5 Å². The zero-order chi connectivity index (χ0) is 17.9. The highest BCUT2D eigenvalue weighted by atomic mass is 16.5. The fourth-order valence-electron chi connectivity index (χ4n) is 3.58. The molecule has 2 aromatic rings. The summed E-state index contributed by atoms with van der Waals surface area (Å²) in [6, 6.07) is 14.9. The first-order chi connectivity index (χ1) is 12.7. The van der Waals surface area contributed by atoms with Gasteiger partial charge in [-0.3, -0.25) is 9.59 Å². The summed E-state index contributed by atoms with van der Waals surface area (Å²) in [5.41, 5.74) is 3.33. The SMILES string of the molecule is O=C(NCC1CCCO1)c1ccc(C(=O)N2CCc3ccccc32)cc1. The highest BCUT2D eigenvalue weighted by molar-refractivity contribution is 6.07. The third-order valence-corrected chi connectivity index (χ3v) is 5.04. The number of benzene rings is 2. The molecule has 0 aliphatic carbocycles. The van der Waals surface area contributed by atoms with Crippen LogP contribution >= 0.6 is 0 Å². The van der Waals surface area contributed by atoms with Crippen LogP contribution in [0.25, 0.3) is 0 Å². The molecule has 0 spiro atoms. The molecule has 0 radical (unpaired) electrons. The molecule has 26 heavy (non-hydrogen) atoms. The molecule has 5 heteroatoms. The van der Waals surface area contributed by atoms with Gasteiger partial charge in [-0.25, -0.2) is 0 Å². The minimum absolute atomic E-state index is 0.0266. The molecule has 0 bridgehead atoms. The van der Waals surface area contributed by atoms with E-state index in [4.69, 9.17) is 4.74 Å². The van der Waals surface area contributed by atoms with E-state index >= 15 is 0 Å². The fraction of sp³-hybridized carbons (Fsp3) is 0.333. The second-order valence-corrected chi connectivity index (χ2v) is 6.76. The zero-order valence-corrected chi connectivity index (χ0v) is 14.6. The first kappa shape index (κ1) is 16.8. The third kappa shape index (κ3) is 3.35. The van der Waals surface area contributed by atoms with Crippen molar-refractivity contribution in [3.63, 3.8) is 0 Å². The maximum Gasteiger partial charge on any atom is 0.258 e. The van der Waals surface area contributed by atoms with Gasteiger partial charge in [0.1, 0.15) is 0 Å². The Morgan fingerprint density at radius 3 is 2.62 bits per heavy atom. The number of anilines is 1. The second-order valence-electron chi connectivity index (χ2n) is 6.76. The summed E-state index contributed by atoms with van der Waals surface area (Å²) in [6.45, 7) is 2.00. The lowest BCUT2D eigenvalue weighted by molar-refractivity contribution is 0.0857. The normalized spacial score (nSPS) is 18.6. The number of fused-ring (bicyclic) bond motifs is 1. The van der Waals surface area contributed by atoms with Crippen LogP contribution in [0.4, 0.5) is 5.69 Å². The van der Waals surface area contributed by atoms with E-state index in [1.807, 2.05) is 23.1 Å². The van der Waals surface area contributed by atoms with Crippen molar-refractivity contribution in [1.82, 2.24) is 5.32 Å². The van der Waals surface area contributed by atoms with Crippen molar-refractivity contribution in [3.8, 4) is 0 Å². The van der Waals surface area contributed by atoms with Crippen LogP contribution in [0.5, 0.6) is 0 Å². The van der Waals surface area contributed by atoms with E-state index in [1.54, 1.807) is 24.3 Å². The molecule has 1 saturated heterocycles. The first-order valence-electron chi connectivity index (χ1n) is 9.12. The quantitative estimate of drug-likeness (QED) is 0.922. The highest BCUT2D eigenvalue weighted by Gasteiger charge is 2.25. The first-order valence-corrected chi connectivity index (χ1v) is 9.12. The van der Waals surface area contributed by atoms with Gasteiger partial charge in [-0.2, -0.15) is 0 Å². The number of amides is 2. The van der Waals surface area contributed by atoms with Crippen LogP contribution in [0.1, 0.15) is 39.1 Å². The molecule has 134 valence electrons. The van der Waals surface area contributed by atoms with Crippen LogP contribution in [0, 0.1) is 0 Å². The Morgan fingerprint density at radius 2 is 1.85 bits per heavy atom. The fourth-order valence-corrected chi connectivity index (χ4v) is 3.58. The third-order valence-electron chi connectivity index (χ3n) is 5.04. The minimum Gasteiger partial charge on any atom is -0.376 e. The number of carbonyl (C=O) groups excluding carboxylic acids is 2. The maximum atomic E-state index is 12.8. The molecule has 0 saturated carbocycles. The van der Waals surface area contributed by atoms with Gasteiger partial charge >= 0.3 is 0 Å². The Morgan fingerprint density at radius 1 is 1.08 bits per heavy atom. The largest absolute Gasteiger partial charge is 0.376 e. The number of carbonyl (C=O) groups is 2. The number of rotatable bonds is 4. The lowest BCUT2D eigenvalue weighted by Crippen LogP contribution is -2.32. The van der Waals surface area contributed by atoms with E-state index in [0.29, 0.717) is 24.2 Å². The van der Waals surface area contributed by atoms with Crippen molar-refractivity contribution in [2.75, 3.05) is 24.6 Å². The van der Waals surface area contributed by atoms with Crippen molar-refractivity contribution in [2.45, 2.75) is 25.4 Å². The molecule has 4 rings (SSSR count). The van der Waals surface area contributed by atoms with Gasteiger partial charge in [0, 0.05) is 36.5 Å². The van der Waals surface area contributed by atoms with Crippen LogP contribution in [0.15, 0.2) is 48.5 Å². The standard InChI is InChI=1S/C21H22N2O3/c24-20(22-14-18-5-3-13-26-18)16-7-9-17(10-8-16)21(25)23-12-11-15-4-1-2-6-19(15)23/h1-2,4,6-10,18H,3,5,11-14H2,(H,22,24). The van der Waals surface area contributed by atoms with E-state index in [0.717, 1.165) is 31.6 Å². The van der Waals surface area contributed by atoms with Crippen molar-refractivity contribution < 1.29 is 14.3 Å². The molecule has 0 aromatic heterocycles. The Labute approximate surface area is 153 Å². The van der Waals surface area contributed by atoms with E-state index in [9.17, 15) is 9.59 Å². The summed E-state index contributed by atoms with van der Waals surface area (Å²) >= 11 is 0. The van der Waals surface area contributed by atoms with Gasteiger partial charge in [-0.1, -0.05) is 18.2 Å². The molecule has 2 heterocycles. The Bertz CT molecular complexity index is 810. The van der Waals surface area contributed by atoms with Gasteiger partial charge in [0.25, 0.3) is 11.8 Å². The maximum absolute atomic E-state index is 12.8. The van der Waals surface area contributed by atoms with E-state index in [2.05, 4.69) is 11.4 Å². The molecule has 2 aliphatic rings. The molecule has 2 amide bonds. The van der Waals surface area contributed by atoms with E-state index in [-0.39, 0.29) is 17.9 Å². The minimum atomic E-state index is -0.133. The van der Waals surface area contributed by atoms with Gasteiger partial charge in [0.05, 0.1) is 6.10 Å².